The second-order valence-electron chi connectivity index (χ2n) is 7.95. The number of carbonyl (C=O) groups is 1. The maximum Gasteiger partial charge on any atom is 0.319 e. The molecule has 0 fully saturated rings. The van der Waals surface area contributed by atoms with Gasteiger partial charge in [0.1, 0.15) is 0 Å². The quantitative estimate of drug-likeness (QED) is 0.305. The van der Waals surface area contributed by atoms with Gasteiger partial charge in [0.05, 0.1) is 43.4 Å². The number of carbonyl (C=O) groups excluding carboxylic acids is 1. The number of anilines is 2. The van der Waals surface area contributed by atoms with Crippen molar-refractivity contribution < 1.29 is 15.0 Å². The van der Waals surface area contributed by atoms with Gasteiger partial charge >= 0.3 is 6.03 Å². The van der Waals surface area contributed by atoms with Crippen LogP contribution in [-0.2, 0) is 0 Å². The molecule has 0 bridgehead atoms. The Balaban J connectivity index is 1.64. The van der Waals surface area contributed by atoms with Gasteiger partial charge in [0.25, 0.3) is 0 Å². The van der Waals surface area contributed by atoms with Gasteiger partial charge in [-0.3, -0.25) is 0 Å². The van der Waals surface area contributed by atoms with Crippen molar-refractivity contribution in [2.75, 3.05) is 23.8 Å². The Labute approximate surface area is 197 Å². The zero-order valence-electron chi connectivity index (χ0n) is 18.4. The van der Waals surface area contributed by atoms with Crippen LogP contribution in [0.1, 0.15) is 31.9 Å². The molecule has 2 amide bonds. The number of benzene rings is 1. The van der Waals surface area contributed by atoms with Crippen molar-refractivity contribution in [2.45, 2.75) is 32.4 Å². The van der Waals surface area contributed by atoms with Gasteiger partial charge in [-0.25, -0.2) is 14.5 Å². The summed E-state index contributed by atoms with van der Waals surface area (Å²) in [5.74, 6) is 1.28. The average molecular weight is 474 g/mol. The molecule has 2 aromatic heterocycles. The highest BCUT2D eigenvalue weighted by Gasteiger charge is 2.15. The average Bonchev–Trinajstić information content (AvgIpc) is 3.25. The fourth-order valence-corrected chi connectivity index (χ4v) is 3.47. The first kappa shape index (κ1) is 24.4. The van der Waals surface area contributed by atoms with Crippen LogP contribution in [0.15, 0.2) is 48.9 Å². The van der Waals surface area contributed by atoms with E-state index < -0.39 is 12.1 Å². The number of rotatable bonds is 10. The molecular formula is C22H28ClN7O3. The number of urea groups is 1. The van der Waals surface area contributed by atoms with Crippen LogP contribution in [-0.4, -0.2) is 55.2 Å². The number of aliphatic hydroxyl groups is 2. The summed E-state index contributed by atoms with van der Waals surface area (Å²) < 4.78 is 1.50. The molecule has 0 saturated carbocycles. The van der Waals surface area contributed by atoms with Crippen molar-refractivity contribution in [1.82, 2.24) is 25.1 Å². The third kappa shape index (κ3) is 7.14. The van der Waals surface area contributed by atoms with E-state index >= 15 is 0 Å². The van der Waals surface area contributed by atoms with E-state index in [0.29, 0.717) is 34.0 Å². The molecule has 0 unspecified atom stereocenters. The summed E-state index contributed by atoms with van der Waals surface area (Å²) in [5, 5.41) is 32.5. The number of halogens is 1. The highest BCUT2D eigenvalue weighted by atomic mass is 35.5. The first-order valence-corrected chi connectivity index (χ1v) is 10.9. The normalized spacial score (nSPS) is 12.9. The summed E-state index contributed by atoms with van der Waals surface area (Å²) >= 11 is 5.99. The third-order valence-electron chi connectivity index (χ3n) is 4.76. The van der Waals surface area contributed by atoms with Crippen molar-refractivity contribution >= 4 is 29.3 Å². The Hall–Kier alpha value is -3.21. The monoisotopic (exact) mass is 473 g/mol. The van der Waals surface area contributed by atoms with E-state index in [1.807, 2.05) is 0 Å². The molecule has 2 atom stereocenters. The molecule has 11 heteroatoms. The van der Waals surface area contributed by atoms with Crippen molar-refractivity contribution in [3.05, 3.63) is 59.5 Å². The van der Waals surface area contributed by atoms with E-state index in [0.717, 1.165) is 6.42 Å². The van der Waals surface area contributed by atoms with Gasteiger partial charge in [-0.1, -0.05) is 37.6 Å². The molecule has 0 aliphatic rings. The maximum atomic E-state index is 12.4. The molecule has 5 N–H and O–H groups in total. The number of nitrogens with zero attached hydrogens (tertiary/aromatic N) is 4. The lowest BCUT2D eigenvalue weighted by Gasteiger charge is -2.18. The molecule has 0 spiro atoms. The molecule has 0 aliphatic heterocycles. The van der Waals surface area contributed by atoms with Crippen molar-refractivity contribution in [1.29, 1.82) is 0 Å². The van der Waals surface area contributed by atoms with E-state index in [-0.39, 0.29) is 19.3 Å². The Morgan fingerprint density at radius 2 is 2.03 bits per heavy atom. The first-order valence-electron chi connectivity index (χ1n) is 10.6. The standard InChI is InChI=1S/C22H28ClN7O3/c1-14(2)8-17(12-31)26-21-24-7-6-20(29-21)30-11-18(10-25-30)27-22(33)28-19(13-32)15-4-3-5-16(23)9-15/h3-7,9-11,14,17,19,31-32H,8,12-13H2,1-2H3,(H,24,26,29)(H2,27,28,33)/t17-,19-/m1/s1. The highest BCUT2D eigenvalue weighted by Crippen LogP contribution is 2.18. The first-order chi connectivity index (χ1) is 15.9. The molecule has 33 heavy (non-hydrogen) atoms. The molecular weight excluding hydrogens is 446 g/mol. The SMILES string of the molecule is CC(C)C[C@H](CO)Nc1nccc(-n2cc(NC(=O)N[C@H](CO)c3cccc(Cl)c3)cn2)n1. The van der Waals surface area contributed by atoms with E-state index in [1.54, 1.807) is 42.7 Å². The van der Waals surface area contributed by atoms with Crippen LogP contribution in [0.25, 0.3) is 5.82 Å². The Morgan fingerprint density at radius 3 is 2.73 bits per heavy atom. The third-order valence-corrected chi connectivity index (χ3v) is 5.00. The smallest absolute Gasteiger partial charge is 0.319 e. The van der Waals surface area contributed by atoms with E-state index in [1.165, 1.54) is 10.9 Å². The van der Waals surface area contributed by atoms with E-state index in [4.69, 9.17) is 11.6 Å². The minimum absolute atomic E-state index is 0.0270. The van der Waals surface area contributed by atoms with Gasteiger partial charge in [0.15, 0.2) is 5.82 Å². The van der Waals surface area contributed by atoms with E-state index in [2.05, 4.69) is 44.9 Å². The Morgan fingerprint density at radius 1 is 1.21 bits per heavy atom. The molecule has 0 aliphatic carbocycles. The summed E-state index contributed by atoms with van der Waals surface area (Å²) in [6.45, 7) is 3.84. The lowest BCUT2D eigenvalue weighted by atomic mass is 10.0. The molecule has 3 aromatic rings. The van der Waals surface area contributed by atoms with Gasteiger partial charge < -0.3 is 26.2 Å². The van der Waals surface area contributed by atoms with Crippen LogP contribution in [0.2, 0.25) is 5.02 Å². The van der Waals surface area contributed by atoms with Crippen LogP contribution in [0.5, 0.6) is 0 Å². The fourth-order valence-electron chi connectivity index (χ4n) is 3.27. The summed E-state index contributed by atoms with van der Waals surface area (Å²) in [6, 6.07) is 7.34. The maximum absolute atomic E-state index is 12.4. The second kappa shape index (κ2) is 11.6. The van der Waals surface area contributed by atoms with Crippen LogP contribution < -0.4 is 16.0 Å². The van der Waals surface area contributed by atoms with Gasteiger partial charge in [0, 0.05) is 17.3 Å². The zero-order chi connectivity index (χ0) is 23.8. The van der Waals surface area contributed by atoms with Crippen LogP contribution in [0.3, 0.4) is 0 Å². The molecule has 176 valence electrons. The Bertz CT molecular complexity index is 1060. The number of hydrogen-bond acceptors (Lipinski definition) is 7. The van der Waals surface area contributed by atoms with E-state index in [9.17, 15) is 15.0 Å². The van der Waals surface area contributed by atoms with Crippen LogP contribution >= 0.6 is 11.6 Å². The minimum atomic E-state index is -0.612. The minimum Gasteiger partial charge on any atom is -0.394 e. The van der Waals surface area contributed by atoms with Crippen molar-refractivity contribution in [3.8, 4) is 5.82 Å². The van der Waals surface area contributed by atoms with Crippen molar-refractivity contribution in [3.63, 3.8) is 0 Å². The largest absolute Gasteiger partial charge is 0.394 e. The number of hydrogen-bond donors (Lipinski definition) is 5. The van der Waals surface area contributed by atoms with Gasteiger partial charge in [-0.05, 0) is 30.0 Å². The molecule has 2 heterocycles. The molecule has 0 radical (unpaired) electrons. The summed E-state index contributed by atoms with van der Waals surface area (Å²) in [4.78, 5) is 21.1. The van der Waals surface area contributed by atoms with Crippen molar-refractivity contribution in [2.24, 2.45) is 5.92 Å². The fraction of sp³-hybridized carbons (Fsp3) is 0.364. The lowest BCUT2D eigenvalue weighted by molar-refractivity contribution is 0.225. The van der Waals surface area contributed by atoms with Gasteiger partial charge in [-0.15, -0.1) is 0 Å². The summed E-state index contributed by atoms with van der Waals surface area (Å²) in [5.41, 5.74) is 1.13. The number of aromatic nitrogens is 4. The van der Waals surface area contributed by atoms with Gasteiger partial charge in [-0.2, -0.15) is 10.1 Å². The van der Waals surface area contributed by atoms with Crippen LogP contribution in [0, 0.1) is 5.92 Å². The lowest BCUT2D eigenvalue weighted by Crippen LogP contribution is -2.34. The van der Waals surface area contributed by atoms with Crippen LogP contribution in [0.4, 0.5) is 16.4 Å². The second-order valence-corrected chi connectivity index (χ2v) is 8.39. The highest BCUT2D eigenvalue weighted by molar-refractivity contribution is 6.30. The predicted molar refractivity (Wildman–Crippen MR) is 127 cm³/mol. The molecule has 10 nitrogen and oxygen atoms in total. The number of amides is 2. The predicted octanol–water partition coefficient (Wildman–Crippen LogP) is 2.99. The molecule has 3 rings (SSSR count). The Kier molecular flexibility index (Phi) is 8.58. The molecule has 1 aromatic carbocycles. The summed E-state index contributed by atoms with van der Waals surface area (Å²) in [7, 11) is 0. The molecule has 0 saturated heterocycles. The zero-order valence-corrected chi connectivity index (χ0v) is 19.2. The number of nitrogens with one attached hydrogen (secondary N) is 3. The number of aliphatic hydroxyl groups excluding tert-OH is 2. The summed E-state index contributed by atoms with van der Waals surface area (Å²) in [6.07, 6.45) is 5.46. The topological polar surface area (TPSA) is 137 Å². The van der Waals surface area contributed by atoms with Gasteiger partial charge in [0.2, 0.25) is 5.95 Å².